The fourth-order valence-corrected chi connectivity index (χ4v) is 4.72. The standard InChI is InChI=1S/C19H19N5O4S2/c20-30(27,28)15-6-7-16-14(10-15)8-9-23(16)17(25)12-29-19-22-21-18(26)24(19)11-13-4-2-1-3-5-13/h1-7,10H,8-9,11-12H2,(H,21,26)(H2,20,27,28). The summed E-state index contributed by atoms with van der Waals surface area (Å²) in [6.07, 6.45) is 0.552. The van der Waals surface area contributed by atoms with Gasteiger partial charge in [-0.25, -0.2) is 23.4 Å². The second kappa shape index (κ2) is 8.09. The Morgan fingerprint density at radius 1 is 1.20 bits per heavy atom. The summed E-state index contributed by atoms with van der Waals surface area (Å²) >= 11 is 1.18. The highest BCUT2D eigenvalue weighted by Gasteiger charge is 2.26. The van der Waals surface area contributed by atoms with E-state index in [2.05, 4.69) is 10.2 Å². The molecule has 0 spiro atoms. The molecule has 2 heterocycles. The van der Waals surface area contributed by atoms with Gasteiger partial charge in [0.25, 0.3) is 0 Å². The number of carbonyl (C=O) groups excluding carboxylic acids is 1. The van der Waals surface area contributed by atoms with E-state index < -0.39 is 10.0 Å². The molecule has 3 N–H and O–H groups in total. The first kappa shape index (κ1) is 20.4. The van der Waals surface area contributed by atoms with Crippen molar-refractivity contribution in [2.75, 3.05) is 17.2 Å². The van der Waals surface area contributed by atoms with E-state index in [0.717, 1.165) is 11.1 Å². The highest BCUT2D eigenvalue weighted by atomic mass is 32.2. The van der Waals surface area contributed by atoms with Gasteiger partial charge in [-0.15, -0.1) is 5.10 Å². The first-order chi connectivity index (χ1) is 14.3. The summed E-state index contributed by atoms with van der Waals surface area (Å²) in [6.45, 7) is 0.815. The first-order valence-corrected chi connectivity index (χ1v) is 11.6. The minimum atomic E-state index is -3.79. The van der Waals surface area contributed by atoms with Gasteiger partial charge in [0.1, 0.15) is 0 Å². The predicted molar refractivity (Wildman–Crippen MR) is 113 cm³/mol. The number of nitrogens with one attached hydrogen (secondary N) is 1. The Morgan fingerprint density at radius 2 is 1.97 bits per heavy atom. The van der Waals surface area contributed by atoms with E-state index in [1.807, 2.05) is 30.3 Å². The van der Waals surface area contributed by atoms with Gasteiger partial charge in [0.15, 0.2) is 5.16 Å². The van der Waals surface area contributed by atoms with Gasteiger partial charge in [0, 0.05) is 12.2 Å². The minimum absolute atomic E-state index is 0.0337. The van der Waals surface area contributed by atoms with Crippen LogP contribution in [0.4, 0.5) is 5.69 Å². The van der Waals surface area contributed by atoms with E-state index in [1.165, 1.54) is 28.5 Å². The number of thioether (sulfide) groups is 1. The Hall–Kier alpha value is -2.89. The summed E-state index contributed by atoms with van der Waals surface area (Å²) in [6, 6.07) is 14.0. The zero-order valence-electron chi connectivity index (χ0n) is 15.8. The largest absolute Gasteiger partial charge is 0.344 e. The summed E-state index contributed by atoms with van der Waals surface area (Å²) in [5, 5.41) is 12.1. The van der Waals surface area contributed by atoms with Gasteiger partial charge >= 0.3 is 5.69 Å². The van der Waals surface area contributed by atoms with Gasteiger partial charge in [-0.2, -0.15) is 0 Å². The first-order valence-electron chi connectivity index (χ1n) is 9.11. The summed E-state index contributed by atoms with van der Waals surface area (Å²) in [4.78, 5) is 26.5. The number of benzene rings is 2. The van der Waals surface area contributed by atoms with Crippen LogP contribution in [0.5, 0.6) is 0 Å². The van der Waals surface area contributed by atoms with E-state index in [-0.39, 0.29) is 22.2 Å². The predicted octanol–water partition coefficient (Wildman–Crippen LogP) is 0.948. The van der Waals surface area contributed by atoms with Crippen LogP contribution in [0.2, 0.25) is 0 Å². The van der Waals surface area contributed by atoms with Crippen LogP contribution in [-0.4, -0.2) is 41.4 Å². The van der Waals surface area contributed by atoms with Crippen molar-refractivity contribution in [3.05, 3.63) is 70.1 Å². The fourth-order valence-electron chi connectivity index (χ4n) is 3.34. The molecular weight excluding hydrogens is 426 g/mol. The van der Waals surface area contributed by atoms with E-state index in [1.54, 1.807) is 11.0 Å². The number of primary sulfonamides is 1. The number of aromatic amines is 1. The summed E-state index contributed by atoms with van der Waals surface area (Å²) < 4.78 is 24.5. The number of fused-ring (bicyclic) bond motifs is 1. The highest BCUT2D eigenvalue weighted by Crippen LogP contribution is 2.31. The van der Waals surface area contributed by atoms with Crippen molar-refractivity contribution >= 4 is 33.4 Å². The van der Waals surface area contributed by atoms with Crippen LogP contribution < -0.4 is 15.7 Å². The summed E-state index contributed by atoms with van der Waals surface area (Å²) in [7, 11) is -3.79. The Bertz CT molecular complexity index is 1250. The second-order valence-electron chi connectivity index (χ2n) is 6.80. The molecule has 156 valence electrons. The molecule has 0 radical (unpaired) electrons. The van der Waals surface area contributed by atoms with Crippen LogP contribution in [0.1, 0.15) is 11.1 Å². The Kier molecular flexibility index (Phi) is 5.50. The lowest BCUT2D eigenvalue weighted by molar-refractivity contribution is -0.116. The molecule has 0 saturated heterocycles. The van der Waals surface area contributed by atoms with Crippen molar-refractivity contribution in [1.29, 1.82) is 0 Å². The SMILES string of the molecule is NS(=O)(=O)c1ccc2c(c1)CCN2C(=O)CSc1n[nH]c(=O)n1Cc1ccccc1. The van der Waals surface area contributed by atoms with Crippen molar-refractivity contribution in [1.82, 2.24) is 14.8 Å². The molecule has 3 aromatic rings. The molecule has 0 unspecified atom stereocenters. The normalized spacial score (nSPS) is 13.4. The van der Waals surface area contributed by atoms with Crippen molar-refractivity contribution in [2.45, 2.75) is 23.0 Å². The molecule has 30 heavy (non-hydrogen) atoms. The van der Waals surface area contributed by atoms with Crippen LogP contribution in [0.3, 0.4) is 0 Å². The van der Waals surface area contributed by atoms with E-state index in [0.29, 0.717) is 30.4 Å². The number of anilines is 1. The molecular formula is C19H19N5O4S2. The quantitative estimate of drug-likeness (QED) is 0.543. The molecule has 2 aromatic carbocycles. The summed E-state index contributed by atoms with van der Waals surface area (Å²) in [5.41, 5.74) is 2.06. The topological polar surface area (TPSA) is 131 Å². The molecule has 0 bridgehead atoms. The molecule has 0 saturated carbocycles. The molecule has 1 amide bonds. The third-order valence-electron chi connectivity index (χ3n) is 4.81. The Labute approximate surface area is 176 Å². The van der Waals surface area contributed by atoms with Crippen molar-refractivity contribution < 1.29 is 13.2 Å². The molecule has 0 atom stereocenters. The molecule has 11 heteroatoms. The van der Waals surface area contributed by atoms with Gasteiger partial charge < -0.3 is 4.90 Å². The number of rotatable bonds is 6. The Morgan fingerprint density at radius 3 is 2.70 bits per heavy atom. The van der Waals surface area contributed by atoms with Crippen LogP contribution >= 0.6 is 11.8 Å². The van der Waals surface area contributed by atoms with Gasteiger partial charge in [-0.05, 0) is 35.7 Å². The third kappa shape index (κ3) is 4.18. The van der Waals surface area contributed by atoms with Gasteiger partial charge in [-0.3, -0.25) is 9.36 Å². The molecule has 9 nitrogen and oxygen atoms in total. The number of hydrogen-bond acceptors (Lipinski definition) is 6. The number of carbonyl (C=O) groups is 1. The van der Waals surface area contributed by atoms with Crippen LogP contribution in [0, 0.1) is 0 Å². The maximum atomic E-state index is 12.8. The molecule has 4 rings (SSSR count). The van der Waals surface area contributed by atoms with Crippen molar-refractivity contribution in [2.24, 2.45) is 5.14 Å². The van der Waals surface area contributed by atoms with Crippen molar-refractivity contribution in [3.63, 3.8) is 0 Å². The maximum Gasteiger partial charge on any atom is 0.344 e. The number of H-pyrrole nitrogens is 1. The smallest absolute Gasteiger partial charge is 0.311 e. The number of nitrogens with two attached hydrogens (primary N) is 1. The lowest BCUT2D eigenvalue weighted by Gasteiger charge is -2.17. The number of aromatic nitrogens is 3. The lowest BCUT2D eigenvalue weighted by Crippen LogP contribution is -2.30. The minimum Gasteiger partial charge on any atom is -0.311 e. The van der Waals surface area contributed by atoms with Gasteiger partial charge in [0.05, 0.1) is 17.2 Å². The van der Waals surface area contributed by atoms with Crippen molar-refractivity contribution in [3.8, 4) is 0 Å². The van der Waals surface area contributed by atoms with Crippen LogP contribution in [-0.2, 0) is 27.8 Å². The highest BCUT2D eigenvalue weighted by molar-refractivity contribution is 7.99. The second-order valence-corrected chi connectivity index (χ2v) is 9.31. The molecule has 0 aliphatic carbocycles. The number of nitrogens with zero attached hydrogens (tertiary/aromatic N) is 3. The van der Waals surface area contributed by atoms with E-state index >= 15 is 0 Å². The number of sulfonamides is 1. The Balaban J connectivity index is 1.47. The zero-order valence-corrected chi connectivity index (χ0v) is 17.4. The number of amides is 1. The molecule has 1 aliphatic rings. The van der Waals surface area contributed by atoms with Gasteiger partial charge in [0.2, 0.25) is 15.9 Å². The van der Waals surface area contributed by atoms with E-state index in [9.17, 15) is 18.0 Å². The summed E-state index contributed by atoms with van der Waals surface area (Å²) in [5.74, 6) is -0.0565. The zero-order chi connectivity index (χ0) is 21.3. The average molecular weight is 446 g/mol. The van der Waals surface area contributed by atoms with E-state index in [4.69, 9.17) is 5.14 Å². The average Bonchev–Trinajstić information content (AvgIpc) is 3.30. The monoisotopic (exact) mass is 445 g/mol. The number of hydrogen-bond donors (Lipinski definition) is 2. The van der Waals surface area contributed by atoms with Crippen LogP contribution in [0.25, 0.3) is 0 Å². The third-order valence-corrected chi connectivity index (χ3v) is 6.68. The maximum absolute atomic E-state index is 12.8. The van der Waals surface area contributed by atoms with Crippen LogP contribution in [0.15, 0.2) is 63.4 Å². The molecule has 1 aromatic heterocycles. The van der Waals surface area contributed by atoms with Gasteiger partial charge in [-0.1, -0.05) is 42.1 Å². The lowest BCUT2D eigenvalue weighted by atomic mass is 10.2. The molecule has 0 fully saturated rings. The molecule has 1 aliphatic heterocycles. The fraction of sp³-hybridized carbons (Fsp3) is 0.211.